The Morgan fingerprint density at radius 3 is 2.22 bits per heavy atom. The van der Waals surface area contributed by atoms with E-state index in [4.69, 9.17) is 0 Å². The topological polar surface area (TPSA) is 142 Å². The Labute approximate surface area is 292 Å². The Morgan fingerprint density at radius 1 is 0.960 bits per heavy atom. The maximum atomic E-state index is 14.3. The number of halogens is 2. The Bertz CT molecular complexity index is 1580. The van der Waals surface area contributed by atoms with E-state index in [9.17, 15) is 38.5 Å². The SMILES string of the molecule is CCCN(CCC)C(=O)c1cc(C)cc(C(=O)N[C@@H](Cc2cc(F)cc(F)c2)[C@H](O)C2N[C@@H](CC(O)CO)CN(Cc3ccccc3)C2=O)c1. The normalized spacial score (nSPS) is 18.0. The first kappa shape index (κ1) is 38.6. The van der Waals surface area contributed by atoms with Gasteiger partial charge in [-0.15, -0.1) is 0 Å². The third-order valence-electron chi connectivity index (χ3n) is 8.73. The molecule has 1 heterocycles. The van der Waals surface area contributed by atoms with Gasteiger partial charge in [-0.3, -0.25) is 19.7 Å². The number of carbonyl (C=O) groups is 3. The Balaban J connectivity index is 1.67. The number of carbonyl (C=O) groups excluding carboxylic acids is 3. The molecule has 0 saturated carbocycles. The second kappa shape index (κ2) is 18.1. The standard InChI is InChI=1S/C38H48F2N4O6/c1-4-11-43(12-5-2)37(49)28-14-24(3)13-27(18-28)36(48)42-33(17-26-15-29(39)19-30(40)16-26)35(47)34-38(50)44(21-25-9-7-6-8-10-25)22-31(41-34)20-32(46)23-45/h6-10,13-16,18-19,31-35,41,45-47H,4-5,11-12,17,20-23H2,1-3H3,(H,42,48)/t31-,32?,33-,34?,35-/m0/s1. The van der Waals surface area contributed by atoms with Gasteiger partial charge in [-0.2, -0.15) is 0 Å². The van der Waals surface area contributed by atoms with Crippen LogP contribution in [0.25, 0.3) is 0 Å². The quantitative estimate of drug-likeness (QED) is 0.155. The molecule has 5 atom stereocenters. The molecule has 5 N–H and O–H groups in total. The number of nitrogens with zero attached hydrogens (tertiary/aromatic N) is 2. The molecule has 1 saturated heterocycles. The minimum Gasteiger partial charge on any atom is -0.394 e. The summed E-state index contributed by atoms with van der Waals surface area (Å²) >= 11 is 0. The van der Waals surface area contributed by atoms with Gasteiger partial charge >= 0.3 is 0 Å². The molecule has 1 aliphatic rings. The molecule has 270 valence electrons. The molecular formula is C38H48F2N4O6. The van der Waals surface area contributed by atoms with Gasteiger partial charge in [0.05, 0.1) is 24.9 Å². The van der Waals surface area contributed by atoms with Crippen LogP contribution in [0.5, 0.6) is 0 Å². The molecule has 3 amide bonds. The Hall–Kier alpha value is -4.23. The minimum atomic E-state index is -1.61. The molecule has 0 radical (unpaired) electrons. The molecule has 3 aromatic rings. The summed E-state index contributed by atoms with van der Waals surface area (Å²) in [5.41, 5.74) is 2.09. The van der Waals surface area contributed by atoms with Crippen LogP contribution < -0.4 is 10.6 Å². The average molecular weight is 695 g/mol. The number of aryl methyl sites for hydroxylation is 1. The van der Waals surface area contributed by atoms with Crippen molar-refractivity contribution in [3.8, 4) is 0 Å². The van der Waals surface area contributed by atoms with Crippen LogP contribution in [0.4, 0.5) is 8.78 Å². The van der Waals surface area contributed by atoms with Crippen molar-refractivity contribution in [3.05, 3.63) is 106 Å². The van der Waals surface area contributed by atoms with Crippen molar-refractivity contribution < 1.29 is 38.5 Å². The summed E-state index contributed by atoms with van der Waals surface area (Å²) in [5.74, 6) is -3.04. The number of hydrogen-bond acceptors (Lipinski definition) is 7. The van der Waals surface area contributed by atoms with Crippen LogP contribution in [-0.2, 0) is 17.8 Å². The van der Waals surface area contributed by atoms with Crippen LogP contribution in [-0.4, -0.2) is 99.4 Å². The molecule has 2 unspecified atom stereocenters. The van der Waals surface area contributed by atoms with Crippen molar-refractivity contribution in [2.75, 3.05) is 26.2 Å². The molecule has 1 aliphatic heterocycles. The zero-order valence-electron chi connectivity index (χ0n) is 28.8. The monoisotopic (exact) mass is 694 g/mol. The first-order valence-corrected chi connectivity index (χ1v) is 17.1. The molecular weight excluding hydrogens is 646 g/mol. The largest absolute Gasteiger partial charge is 0.394 e. The molecule has 0 aromatic heterocycles. The fraction of sp³-hybridized carbons (Fsp3) is 0.447. The smallest absolute Gasteiger partial charge is 0.253 e. The lowest BCUT2D eigenvalue weighted by Gasteiger charge is -2.42. The van der Waals surface area contributed by atoms with E-state index >= 15 is 0 Å². The van der Waals surface area contributed by atoms with Crippen LogP contribution in [0.2, 0.25) is 0 Å². The molecule has 4 rings (SSSR count). The summed E-state index contributed by atoms with van der Waals surface area (Å²) < 4.78 is 28.6. The number of aliphatic hydroxyl groups is 3. The predicted molar refractivity (Wildman–Crippen MR) is 185 cm³/mol. The van der Waals surface area contributed by atoms with Gasteiger partial charge in [-0.05, 0) is 79.6 Å². The fourth-order valence-corrected chi connectivity index (χ4v) is 6.47. The minimum absolute atomic E-state index is 0.0671. The second-order valence-corrected chi connectivity index (χ2v) is 13.1. The summed E-state index contributed by atoms with van der Waals surface area (Å²) in [6, 6.07) is 13.8. The summed E-state index contributed by atoms with van der Waals surface area (Å²) in [4.78, 5) is 44.5. The van der Waals surface area contributed by atoms with Gasteiger partial charge in [0.1, 0.15) is 17.7 Å². The number of aliphatic hydroxyl groups excluding tert-OH is 3. The van der Waals surface area contributed by atoms with E-state index in [1.165, 1.54) is 11.0 Å². The van der Waals surface area contributed by atoms with Crippen molar-refractivity contribution in [3.63, 3.8) is 0 Å². The zero-order valence-corrected chi connectivity index (χ0v) is 28.8. The van der Waals surface area contributed by atoms with E-state index in [2.05, 4.69) is 10.6 Å². The number of nitrogens with one attached hydrogen (secondary N) is 2. The number of piperazine rings is 1. The highest BCUT2D eigenvalue weighted by Gasteiger charge is 2.42. The van der Waals surface area contributed by atoms with E-state index < -0.39 is 60.4 Å². The molecule has 12 heteroatoms. The van der Waals surface area contributed by atoms with Crippen LogP contribution in [0.1, 0.15) is 70.5 Å². The van der Waals surface area contributed by atoms with Crippen LogP contribution in [0, 0.1) is 18.6 Å². The van der Waals surface area contributed by atoms with Crippen LogP contribution >= 0.6 is 0 Å². The van der Waals surface area contributed by atoms with E-state index in [0.29, 0.717) is 30.3 Å². The van der Waals surface area contributed by atoms with Crippen molar-refractivity contribution in [2.45, 2.75) is 83.3 Å². The molecule has 0 spiro atoms. The highest BCUT2D eigenvalue weighted by atomic mass is 19.1. The Morgan fingerprint density at radius 2 is 1.60 bits per heavy atom. The third-order valence-corrected chi connectivity index (χ3v) is 8.73. The van der Waals surface area contributed by atoms with E-state index in [0.717, 1.165) is 30.5 Å². The van der Waals surface area contributed by atoms with Crippen LogP contribution in [0.15, 0.2) is 66.7 Å². The molecule has 3 aromatic carbocycles. The zero-order chi connectivity index (χ0) is 36.4. The molecule has 1 fully saturated rings. The lowest BCUT2D eigenvalue weighted by molar-refractivity contribution is -0.142. The average Bonchev–Trinajstić information content (AvgIpc) is 3.08. The lowest BCUT2D eigenvalue weighted by atomic mass is 9.91. The lowest BCUT2D eigenvalue weighted by Crippen LogP contribution is -2.67. The highest BCUT2D eigenvalue weighted by molar-refractivity contribution is 6.00. The van der Waals surface area contributed by atoms with Gasteiger partial charge in [0, 0.05) is 49.4 Å². The van der Waals surface area contributed by atoms with E-state index in [1.807, 2.05) is 44.2 Å². The number of amides is 3. The van der Waals surface area contributed by atoms with Crippen molar-refractivity contribution in [2.24, 2.45) is 0 Å². The molecule has 50 heavy (non-hydrogen) atoms. The molecule has 10 nitrogen and oxygen atoms in total. The maximum absolute atomic E-state index is 14.3. The first-order valence-electron chi connectivity index (χ1n) is 17.1. The highest BCUT2D eigenvalue weighted by Crippen LogP contribution is 2.21. The van der Waals surface area contributed by atoms with E-state index in [1.54, 1.807) is 24.0 Å². The van der Waals surface area contributed by atoms with Gasteiger partial charge in [-0.1, -0.05) is 44.2 Å². The van der Waals surface area contributed by atoms with Crippen LogP contribution in [0.3, 0.4) is 0 Å². The van der Waals surface area contributed by atoms with Crippen molar-refractivity contribution >= 4 is 17.7 Å². The maximum Gasteiger partial charge on any atom is 0.253 e. The predicted octanol–water partition coefficient (Wildman–Crippen LogP) is 3.35. The summed E-state index contributed by atoms with van der Waals surface area (Å²) in [6.07, 6.45) is -1.35. The van der Waals surface area contributed by atoms with Crippen molar-refractivity contribution in [1.82, 2.24) is 20.4 Å². The fourth-order valence-electron chi connectivity index (χ4n) is 6.47. The summed E-state index contributed by atoms with van der Waals surface area (Å²) in [7, 11) is 0. The molecule has 0 bridgehead atoms. The van der Waals surface area contributed by atoms with Gasteiger partial charge in [-0.25, -0.2) is 8.78 Å². The van der Waals surface area contributed by atoms with Gasteiger partial charge in [0.2, 0.25) is 5.91 Å². The third kappa shape index (κ3) is 10.4. The second-order valence-electron chi connectivity index (χ2n) is 13.1. The van der Waals surface area contributed by atoms with Gasteiger partial charge < -0.3 is 30.4 Å². The summed E-state index contributed by atoms with van der Waals surface area (Å²) in [5, 5.41) is 37.5. The molecule has 0 aliphatic carbocycles. The van der Waals surface area contributed by atoms with Gasteiger partial charge in [0.15, 0.2) is 0 Å². The van der Waals surface area contributed by atoms with Gasteiger partial charge in [0.25, 0.3) is 11.8 Å². The van der Waals surface area contributed by atoms with Crippen molar-refractivity contribution in [1.29, 1.82) is 0 Å². The number of benzene rings is 3. The number of hydrogen-bond donors (Lipinski definition) is 5. The summed E-state index contributed by atoms with van der Waals surface area (Å²) in [6.45, 7) is 6.70. The number of rotatable bonds is 16. The van der Waals surface area contributed by atoms with E-state index in [-0.39, 0.29) is 43.0 Å². The first-order chi connectivity index (χ1) is 23.9. The Kier molecular flexibility index (Phi) is 14.0.